The maximum absolute atomic E-state index is 4.75. The van der Waals surface area contributed by atoms with Gasteiger partial charge in [-0.05, 0) is 17.9 Å². The van der Waals surface area contributed by atoms with Gasteiger partial charge in [0.25, 0.3) is 0 Å². The minimum atomic E-state index is 0. The average molecular weight is 337 g/mol. The van der Waals surface area contributed by atoms with Crippen LogP contribution in [0.4, 0.5) is 5.69 Å². The van der Waals surface area contributed by atoms with E-state index in [1.165, 1.54) is 27.7 Å². The summed E-state index contributed by atoms with van der Waals surface area (Å²) < 4.78 is 0. The van der Waals surface area contributed by atoms with Crippen molar-refractivity contribution in [2.45, 2.75) is 26.2 Å². The predicted octanol–water partition coefficient (Wildman–Crippen LogP) is 4.84. The number of halogens is 1. The van der Waals surface area contributed by atoms with Crippen molar-refractivity contribution in [3.8, 4) is 0 Å². The maximum atomic E-state index is 4.75. The number of hydrogen-bond acceptors (Lipinski definition) is 1. The fraction of sp³-hybridized carbons (Fsp3) is 0.267. The van der Waals surface area contributed by atoms with Gasteiger partial charge in [-0.25, -0.2) is 0 Å². The van der Waals surface area contributed by atoms with E-state index >= 15 is 0 Å². The highest BCUT2D eigenvalue weighted by Gasteiger charge is 2.32. The van der Waals surface area contributed by atoms with E-state index in [1.54, 1.807) is 0 Å². The standard InChI is InChI=1S/C15H15N.HI/c1-10-15(2,3)13-9-8-11-6-4-5-7-12(11)14(13)16-10;/h4-9H,1-3H3;1H. The first-order chi connectivity index (χ1) is 7.60. The van der Waals surface area contributed by atoms with Gasteiger partial charge < -0.3 is 0 Å². The Morgan fingerprint density at radius 3 is 2.47 bits per heavy atom. The zero-order valence-corrected chi connectivity index (χ0v) is 12.6. The molecule has 1 aliphatic rings. The molecule has 88 valence electrons. The molecule has 0 bridgehead atoms. The minimum Gasteiger partial charge on any atom is -0.256 e. The van der Waals surface area contributed by atoms with E-state index in [0.717, 1.165) is 0 Å². The molecule has 0 fully saturated rings. The molecular formula is C15H16IN. The van der Waals surface area contributed by atoms with Crippen LogP contribution >= 0.6 is 24.0 Å². The van der Waals surface area contributed by atoms with Crippen LogP contribution in [-0.4, -0.2) is 5.71 Å². The zero-order chi connectivity index (χ0) is 11.3. The number of fused-ring (bicyclic) bond motifs is 3. The van der Waals surface area contributed by atoms with Crippen LogP contribution in [0, 0.1) is 0 Å². The molecule has 2 aromatic rings. The Morgan fingerprint density at radius 1 is 1.00 bits per heavy atom. The first-order valence-corrected chi connectivity index (χ1v) is 5.69. The van der Waals surface area contributed by atoms with Gasteiger partial charge in [-0.15, -0.1) is 24.0 Å². The summed E-state index contributed by atoms with van der Waals surface area (Å²) in [6.45, 7) is 6.60. The monoisotopic (exact) mass is 337 g/mol. The lowest BCUT2D eigenvalue weighted by atomic mass is 9.81. The van der Waals surface area contributed by atoms with E-state index < -0.39 is 0 Å². The van der Waals surface area contributed by atoms with Crippen molar-refractivity contribution in [3.63, 3.8) is 0 Å². The smallest absolute Gasteiger partial charge is 0.0748 e. The van der Waals surface area contributed by atoms with Crippen molar-refractivity contribution in [1.29, 1.82) is 0 Å². The van der Waals surface area contributed by atoms with Crippen LogP contribution in [0.1, 0.15) is 26.3 Å². The van der Waals surface area contributed by atoms with E-state index in [2.05, 4.69) is 57.2 Å². The summed E-state index contributed by atoms with van der Waals surface area (Å²) in [6, 6.07) is 12.9. The molecule has 17 heavy (non-hydrogen) atoms. The minimum absolute atomic E-state index is 0. The number of benzene rings is 2. The van der Waals surface area contributed by atoms with E-state index in [4.69, 9.17) is 4.99 Å². The summed E-state index contributed by atoms with van der Waals surface area (Å²) in [5.41, 5.74) is 3.81. The number of aliphatic imine (C=N–C) groups is 1. The van der Waals surface area contributed by atoms with Crippen molar-refractivity contribution in [1.82, 2.24) is 0 Å². The fourth-order valence-electron chi connectivity index (χ4n) is 2.38. The Bertz CT molecular complexity index is 611. The molecule has 0 aliphatic carbocycles. The Kier molecular flexibility index (Phi) is 3.02. The lowest BCUT2D eigenvalue weighted by molar-refractivity contribution is 0.734. The Labute approximate surface area is 119 Å². The molecule has 1 aliphatic heterocycles. The van der Waals surface area contributed by atoms with Crippen molar-refractivity contribution < 1.29 is 0 Å². The van der Waals surface area contributed by atoms with Gasteiger partial charge in [-0.1, -0.05) is 50.2 Å². The third-order valence-electron chi connectivity index (χ3n) is 3.76. The Balaban J connectivity index is 0.00000108. The van der Waals surface area contributed by atoms with Crippen molar-refractivity contribution >= 4 is 46.1 Å². The molecule has 0 N–H and O–H groups in total. The topological polar surface area (TPSA) is 12.4 Å². The van der Waals surface area contributed by atoms with Crippen molar-refractivity contribution in [2.24, 2.45) is 4.99 Å². The van der Waals surface area contributed by atoms with Gasteiger partial charge in [0.15, 0.2) is 0 Å². The quantitative estimate of drug-likeness (QED) is 0.610. The highest BCUT2D eigenvalue weighted by molar-refractivity contribution is 14.0. The molecule has 0 aromatic heterocycles. The molecule has 3 rings (SSSR count). The first-order valence-electron chi connectivity index (χ1n) is 5.69. The van der Waals surface area contributed by atoms with Gasteiger partial charge in [0.05, 0.1) is 5.69 Å². The van der Waals surface area contributed by atoms with Gasteiger partial charge in [0.1, 0.15) is 0 Å². The number of nitrogens with zero attached hydrogens (tertiary/aromatic N) is 1. The van der Waals surface area contributed by atoms with E-state index in [0.29, 0.717) is 0 Å². The lowest BCUT2D eigenvalue weighted by Crippen LogP contribution is -2.22. The highest BCUT2D eigenvalue weighted by Crippen LogP contribution is 2.43. The normalized spacial score (nSPS) is 16.3. The third kappa shape index (κ3) is 1.69. The van der Waals surface area contributed by atoms with Gasteiger partial charge in [0.2, 0.25) is 0 Å². The molecule has 0 saturated heterocycles. The van der Waals surface area contributed by atoms with Crippen LogP contribution in [0.15, 0.2) is 41.4 Å². The number of rotatable bonds is 0. The molecule has 0 amide bonds. The summed E-state index contributed by atoms with van der Waals surface area (Å²) >= 11 is 0. The second kappa shape index (κ2) is 4.09. The van der Waals surface area contributed by atoms with Crippen LogP contribution in [0.5, 0.6) is 0 Å². The van der Waals surface area contributed by atoms with E-state index in [-0.39, 0.29) is 29.4 Å². The summed E-state index contributed by atoms with van der Waals surface area (Å²) in [6.07, 6.45) is 0. The number of hydrogen-bond donors (Lipinski definition) is 0. The predicted molar refractivity (Wildman–Crippen MR) is 85.2 cm³/mol. The van der Waals surface area contributed by atoms with Crippen LogP contribution in [0.25, 0.3) is 10.8 Å². The van der Waals surface area contributed by atoms with E-state index in [1.807, 2.05) is 0 Å². The largest absolute Gasteiger partial charge is 0.256 e. The molecule has 0 unspecified atom stereocenters. The summed E-state index contributed by atoms with van der Waals surface area (Å²) in [4.78, 5) is 4.75. The molecule has 1 heterocycles. The van der Waals surface area contributed by atoms with Gasteiger partial charge in [0, 0.05) is 16.5 Å². The zero-order valence-electron chi connectivity index (χ0n) is 10.3. The summed E-state index contributed by atoms with van der Waals surface area (Å²) in [7, 11) is 0. The third-order valence-corrected chi connectivity index (χ3v) is 3.76. The van der Waals surface area contributed by atoms with Crippen LogP contribution in [-0.2, 0) is 5.41 Å². The van der Waals surface area contributed by atoms with Gasteiger partial charge in [-0.3, -0.25) is 4.99 Å². The average Bonchev–Trinajstić information content (AvgIpc) is 2.51. The summed E-state index contributed by atoms with van der Waals surface area (Å²) in [5.74, 6) is 0. The molecule has 2 aromatic carbocycles. The molecule has 0 radical (unpaired) electrons. The molecule has 0 atom stereocenters. The SMILES string of the molecule is CC1=Nc2c(ccc3ccccc23)C1(C)C.I. The maximum Gasteiger partial charge on any atom is 0.0748 e. The molecule has 0 spiro atoms. The van der Waals surface area contributed by atoms with Crippen molar-refractivity contribution in [2.75, 3.05) is 0 Å². The fourth-order valence-corrected chi connectivity index (χ4v) is 2.38. The molecular weight excluding hydrogens is 321 g/mol. The second-order valence-corrected chi connectivity index (χ2v) is 5.01. The second-order valence-electron chi connectivity index (χ2n) is 5.01. The van der Waals surface area contributed by atoms with Gasteiger partial charge >= 0.3 is 0 Å². The van der Waals surface area contributed by atoms with Crippen LogP contribution in [0.2, 0.25) is 0 Å². The Morgan fingerprint density at radius 2 is 1.71 bits per heavy atom. The van der Waals surface area contributed by atoms with Crippen LogP contribution in [0.3, 0.4) is 0 Å². The molecule has 2 heteroatoms. The van der Waals surface area contributed by atoms with Gasteiger partial charge in [-0.2, -0.15) is 0 Å². The molecule has 0 saturated carbocycles. The first kappa shape index (κ1) is 12.6. The van der Waals surface area contributed by atoms with Crippen LogP contribution < -0.4 is 0 Å². The lowest BCUT2D eigenvalue weighted by Gasteiger charge is -2.20. The molecule has 1 nitrogen and oxygen atoms in total. The Hall–Kier alpha value is -0.900. The van der Waals surface area contributed by atoms with Crippen molar-refractivity contribution in [3.05, 3.63) is 42.0 Å². The van der Waals surface area contributed by atoms with E-state index in [9.17, 15) is 0 Å². The summed E-state index contributed by atoms with van der Waals surface area (Å²) in [5, 5.41) is 2.54. The highest BCUT2D eigenvalue weighted by atomic mass is 127.